The van der Waals surface area contributed by atoms with Crippen molar-refractivity contribution in [3.05, 3.63) is 78.5 Å². The molecule has 0 aromatic heterocycles. The van der Waals surface area contributed by atoms with Crippen molar-refractivity contribution in [3.63, 3.8) is 0 Å². The van der Waals surface area contributed by atoms with E-state index in [-0.39, 0.29) is 16.9 Å². The standard InChI is InChI=1S/C19H16F2N4O2/c1-2-18(26)25-17-9-15(7-8-16(17)21)24-19(27)12(10-22)11-23-14-5-3-13(20)4-6-14/h2-11,22-23H,1H2,(H,24,27)(H,25,26)/b12-11+,22-10?. The number of nitrogens with one attached hydrogen (secondary N) is 4. The molecule has 0 aliphatic heterocycles. The number of hydrogen-bond acceptors (Lipinski definition) is 4. The van der Waals surface area contributed by atoms with Gasteiger partial charge in [-0.3, -0.25) is 9.59 Å². The molecular weight excluding hydrogens is 354 g/mol. The van der Waals surface area contributed by atoms with Gasteiger partial charge in [0.25, 0.3) is 5.91 Å². The molecule has 27 heavy (non-hydrogen) atoms. The van der Waals surface area contributed by atoms with Crippen molar-refractivity contribution in [2.45, 2.75) is 0 Å². The highest BCUT2D eigenvalue weighted by Crippen LogP contribution is 2.20. The maximum absolute atomic E-state index is 13.7. The molecule has 138 valence electrons. The summed E-state index contributed by atoms with van der Waals surface area (Å²) in [5.74, 6) is -2.30. The molecule has 4 N–H and O–H groups in total. The summed E-state index contributed by atoms with van der Waals surface area (Å²) in [7, 11) is 0. The predicted octanol–water partition coefficient (Wildman–Crippen LogP) is 3.67. The predicted molar refractivity (Wildman–Crippen MR) is 101 cm³/mol. The molecule has 2 amide bonds. The molecule has 0 aliphatic carbocycles. The van der Waals surface area contributed by atoms with Gasteiger partial charge in [-0.25, -0.2) is 8.78 Å². The van der Waals surface area contributed by atoms with E-state index < -0.39 is 23.4 Å². The van der Waals surface area contributed by atoms with Crippen LogP contribution < -0.4 is 16.0 Å². The number of carbonyl (C=O) groups excluding carboxylic acids is 2. The second-order valence-corrected chi connectivity index (χ2v) is 5.24. The van der Waals surface area contributed by atoms with Crippen LogP contribution in [0, 0.1) is 17.0 Å². The average molecular weight is 370 g/mol. The minimum absolute atomic E-state index is 0.0275. The van der Waals surface area contributed by atoms with Gasteiger partial charge in [0.05, 0.1) is 11.3 Å². The third kappa shape index (κ3) is 5.60. The van der Waals surface area contributed by atoms with E-state index in [0.717, 1.165) is 18.4 Å². The molecule has 2 aromatic carbocycles. The van der Waals surface area contributed by atoms with Gasteiger partial charge in [-0.05, 0) is 48.5 Å². The maximum atomic E-state index is 13.7. The van der Waals surface area contributed by atoms with E-state index in [1.54, 1.807) is 0 Å². The van der Waals surface area contributed by atoms with Crippen LogP contribution >= 0.6 is 0 Å². The highest BCUT2D eigenvalue weighted by molar-refractivity contribution is 6.17. The SMILES string of the molecule is C=CC(=O)Nc1cc(NC(=O)/C(C=N)=C/Nc2ccc(F)cc2)ccc1F. The van der Waals surface area contributed by atoms with Gasteiger partial charge in [0.1, 0.15) is 11.6 Å². The Morgan fingerprint density at radius 1 is 1.00 bits per heavy atom. The molecule has 8 heteroatoms. The highest BCUT2D eigenvalue weighted by Gasteiger charge is 2.11. The van der Waals surface area contributed by atoms with E-state index in [9.17, 15) is 18.4 Å². The van der Waals surface area contributed by atoms with Crippen molar-refractivity contribution in [1.82, 2.24) is 0 Å². The maximum Gasteiger partial charge on any atom is 0.258 e. The normalized spacial score (nSPS) is 10.7. The number of amides is 2. The Bertz CT molecular complexity index is 908. The van der Waals surface area contributed by atoms with Crippen LogP contribution in [0.1, 0.15) is 0 Å². The molecule has 0 fully saturated rings. The summed E-state index contributed by atoms with van der Waals surface area (Å²) in [6, 6.07) is 9.07. The van der Waals surface area contributed by atoms with Crippen molar-refractivity contribution in [2.75, 3.05) is 16.0 Å². The van der Waals surface area contributed by atoms with Gasteiger partial charge in [0, 0.05) is 23.8 Å². The van der Waals surface area contributed by atoms with Gasteiger partial charge in [0.2, 0.25) is 5.91 Å². The summed E-state index contributed by atoms with van der Waals surface area (Å²) in [4.78, 5) is 23.6. The van der Waals surface area contributed by atoms with E-state index in [0.29, 0.717) is 5.69 Å². The topological polar surface area (TPSA) is 94.1 Å². The summed E-state index contributed by atoms with van der Waals surface area (Å²) >= 11 is 0. The summed E-state index contributed by atoms with van der Waals surface area (Å²) in [6.45, 7) is 3.28. The Morgan fingerprint density at radius 3 is 2.30 bits per heavy atom. The minimum Gasteiger partial charge on any atom is -0.361 e. The van der Waals surface area contributed by atoms with Gasteiger partial charge in [-0.15, -0.1) is 0 Å². The van der Waals surface area contributed by atoms with E-state index in [4.69, 9.17) is 5.41 Å². The molecule has 0 spiro atoms. The number of hydrogen-bond donors (Lipinski definition) is 4. The van der Waals surface area contributed by atoms with E-state index in [2.05, 4.69) is 22.5 Å². The van der Waals surface area contributed by atoms with Crippen LogP contribution in [-0.4, -0.2) is 18.0 Å². The largest absolute Gasteiger partial charge is 0.361 e. The van der Waals surface area contributed by atoms with Crippen LogP contribution in [0.15, 0.2) is 66.9 Å². The van der Waals surface area contributed by atoms with Gasteiger partial charge < -0.3 is 21.4 Å². The van der Waals surface area contributed by atoms with Crippen molar-refractivity contribution < 1.29 is 18.4 Å². The summed E-state index contributed by atoms with van der Waals surface area (Å²) < 4.78 is 26.6. The number of halogens is 2. The Kier molecular flexibility index (Phi) is 6.54. The summed E-state index contributed by atoms with van der Waals surface area (Å²) in [6.07, 6.45) is 3.09. The molecular formula is C19H16F2N4O2. The number of benzene rings is 2. The van der Waals surface area contributed by atoms with Gasteiger partial charge >= 0.3 is 0 Å². The van der Waals surface area contributed by atoms with Gasteiger partial charge in [-0.1, -0.05) is 6.58 Å². The molecule has 0 heterocycles. The molecule has 6 nitrogen and oxygen atoms in total. The highest BCUT2D eigenvalue weighted by atomic mass is 19.1. The molecule has 0 atom stereocenters. The van der Waals surface area contributed by atoms with Crippen molar-refractivity contribution in [3.8, 4) is 0 Å². The lowest BCUT2D eigenvalue weighted by molar-refractivity contribution is -0.112. The van der Waals surface area contributed by atoms with Gasteiger partial charge in [-0.2, -0.15) is 0 Å². The fourth-order valence-electron chi connectivity index (χ4n) is 1.97. The quantitative estimate of drug-likeness (QED) is 0.442. The molecule has 0 bridgehead atoms. The van der Waals surface area contributed by atoms with Crippen LogP contribution in [-0.2, 0) is 9.59 Å². The molecule has 0 saturated carbocycles. The molecule has 0 saturated heterocycles. The first-order chi connectivity index (χ1) is 12.9. The second kappa shape index (κ2) is 9.04. The van der Waals surface area contributed by atoms with Crippen LogP contribution in [0.2, 0.25) is 0 Å². The van der Waals surface area contributed by atoms with Crippen LogP contribution in [0.3, 0.4) is 0 Å². The fraction of sp³-hybridized carbons (Fsp3) is 0. The molecule has 2 aromatic rings. The third-order valence-corrected chi connectivity index (χ3v) is 3.32. The lowest BCUT2D eigenvalue weighted by Crippen LogP contribution is -2.17. The van der Waals surface area contributed by atoms with Crippen LogP contribution in [0.25, 0.3) is 0 Å². The first kappa shape index (κ1) is 19.5. The Labute approximate surface area is 154 Å². The minimum atomic E-state index is -0.677. The van der Waals surface area contributed by atoms with E-state index in [1.807, 2.05) is 0 Å². The van der Waals surface area contributed by atoms with Crippen molar-refractivity contribution in [2.24, 2.45) is 0 Å². The molecule has 0 unspecified atom stereocenters. The lowest BCUT2D eigenvalue weighted by Gasteiger charge is -2.09. The Morgan fingerprint density at radius 2 is 1.67 bits per heavy atom. The number of rotatable bonds is 7. The summed E-state index contributed by atoms with van der Waals surface area (Å²) in [5.41, 5.74) is 0.595. The first-order valence-electron chi connectivity index (χ1n) is 7.70. The fourth-order valence-corrected chi connectivity index (χ4v) is 1.97. The smallest absolute Gasteiger partial charge is 0.258 e. The zero-order chi connectivity index (χ0) is 19.8. The molecule has 0 aliphatic rings. The van der Waals surface area contributed by atoms with E-state index in [1.165, 1.54) is 42.6 Å². The van der Waals surface area contributed by atoms with E-state index >= 15 is 0 Å². The van der Waals surface area contributed by atoms with Crippen molar-refractivity contribution >= 4 is 35.1 Å². The number of carbonyl (C=O) groups is 2. The monoisotopic (exact) mass is 370 g/mol. The molecule has 0 radical (unpaired) electrons. The zero-order valence-electron chi connectivity index (χ0n) is 14.1. The zero-order valence-corrected chi connectivity index (χ0v) is 14.1. The van der Waals surface area contributed by atoms with Crippen LogP contribution in [0.5, 0.6) is 0 Å². The summed E-state index contributed by atoms with van der Waals surface area (Å²) in [5, 5.41) is 14.9. The average Bonchev–Trinajstić information content (AvgIpc) is 2.66. The lowest BCUT2D eigenvalue weighted by atomic mass is 10.2. The Balaban J connectivity index is 2.11. The second-order valence-electron chi connectivity index (χ2n) is 5.24. The molecule has 2 rings (SSSR count). The van der Waals surface area contributed by atoms with Gasteiger partial charge in [0.15, 0.2) is 0 Å². The Hall–Kier alpha value is -3.81. The third-order valence-electron chi connectivity index (χ3n) is 3.32. The van der Waals surface area contributed by atoms with Crippen LogP contribution in [0.4, 0.5) is 25.8 Å². The van der Waals surface area contributed by atoms with Crippen molar-refractivity contribution in [1.29, 1.82) is 5.41 Å². The first-order valence-corrected chi connectivity index (χ1v) is 7.70. The number of anilines is 3.